The van der Waals surface area contributed by atoms with Crippen LogP contribution in [0.2, 0.25) is 0 Å². The minimum atomic E-state index is -0.842. The minimum absolute atomic E-state index is 0.185. The molecular formula is C18H29FN2O2. The summed E-state index contributed by atoms with van der Waals surface area (Å²) in [4.78, 5) is 0. The van der Waals surface area contributed by atoms with Crippen molar-refractivity contribution in [3.05, 3.63) is 47.5 Å². The van der Waals surface area contributed by atoms with E-state index in [1.165, 1.54) is 5.57 Å². The Bertz CT molecular complexity index is 479. The molecule has 0 radical (unpaired) electrons. The number of hydrogen-bond acceptors (Lipinski definition) is 4. The number of allylic oxidation sites excluding steroid dienone is 3. The van der Waals surface area contributed by atoms with Gasteiger partial charge in [-0.05, 0) is 49.6 Å². The molecule has 0 aromatic carbocycles. The molecule has 1 rings (SSSR count). The lowest BCUT2D eigenvalue weighted by Crippen LogP contribution is -2.35. The van der Waals surface area contributed by atoms with Crippen LogP contribution in [-0.2, 0) is 4.74 Å². The summed E-state index contributed by atoms with van der Waals surface area (Å²) in [6, 6.07) is 0.185. The standard InChI is InChI=1S/C18H29FN2O2/c1-4-6-14(11-20)17-8-7-13(3)18(21-17)9-15(5-2)23-16(10-19)12-22/h5,9,11,16-17,21-22H,3-4,6-8,10,12,20H2,1-2H3/b14-11?,15-5+,18-9+. The first-order chi connectivity index (χ1) is 11.1. The third kappa shape index (κ3) is 5.75. The first-order valence-electron chi connectivity index (χ1n) is 8.16. The van der Waals surface area contributed by atoms with Gasteiger partial charge in [0.1, 0.15) is 18.5 Å². The Hall–Kier alpha value is -1.75. The number of rotatable bonds is 8. The van der Waals surface area contributed by atoms with E-state index in [0.29, 0.717) is 5.76 Å². The van der Waals surface area contributed by atoms with Crippen molar-refractivity contribution < 1.29 is 14.2 Å². The van der Waals surface area contributed by atoms with Crippen molar-refractivity contribution in [1.29, 1.82) is 0 Å². The van der Waals surface area contributed by atoms with E-state index in [2.05, 4.69) is 18.8 Å². The summed E-state index contributed by atoms with van der Waals surface area (Å²) in [5.41, 5.74) is 8.80. The molecule has 1 saturated heterocycles. The highest BCUT2D eigenvalue weighted by atomic mass is 19.1. The summed E-state index contributed by atoms with van der Waals surface area (Å²) in [6.45, 7) is 6.93. The van der Waals surface area contributed by atoms with Crippen LogP contribution >= 0.6 is 0 Å². The number of halogens is 1. The number of aliphatic hydroxyl groups excluding tert-OH is 1. The SMILES string of the molecule is C=C1CCC(C(=CN)CCC)N/C1=C/C(=C\C)OC(CO)CF. The predicted octanol–water partition coefficient (Wildman–Crippen LogP) is 3.07. The van der Waals surface area contributed by atoms with E-state index in [4.69, 9.17) is 15.6 Å². The molecule has 2 unspecified atom stereocenters. The Balaban J connectivity index is 2.88. The maximum Gasteiger partial charge on any atom is 0.150 e. The van der Waals surface area contributed by atoms with Crippen LogP contribution in [0, 0.1) is 0 Å². The highest BCUT2D eigenvalue weighted by Gasteiger charge is 2.22. The Morgan fingerprint density at radius 1 is 1.61 bits per heavy atom. The van der Waals surface area contributed by atoms with Gasteiger partial charge >= 0.3 is 0 Å². The van der Waals surface area contributed by atoms with E-state index in [-0.39, 0.29) is 12.6 Å². The molecule has 23 heavy (non-hydrogen) atoms. The fourth-order valence-electron chi connectivity index (χ4n) is 2.54. The van der Waals surface area contributed by atoms with Crippen LogP contribution in [0.3, 0.4) is 0 Å². The lowest BCUT2D eigenvalue weighted by atomic mass is 9.91. The van der Waals surface area contributed by atoms with Gasteiger partial charge in [-0.25, -0.2) is 4.39 Å². The molecule has 0 aliphatic carbocycles. The number of ether oxygens (including phenoxy) is 1. The lowest BCUT2D eigenvalue weighted by Gasteiger charge is -2.31. The van der Waals surface area contributed by atoms with Gasteiger partial charge in [0.05, 0.1) is 6.61 Å². The molecule has 0 aromatic rings. The van der Waals surface area contributed by atoms with Crippen molar-refractivity contribution >= 4 is 0 Å². The molecule has 0 aromatic heterocycles. The summed E-state index contributed by atoms with van der Waals surface area (Å²) in [5.74, 6) is 0.514. The van der Waals surface area contributed by atoms with Crippen LogP contribution < -0.4 is 11.1 Å². The van der Waals surface area contributed by atoms with E-state index in [1.54, 1.807) is 12.3 Å². The highest BCUT2D eigenvalue weighted by molar-refractivity contribution is 5.36. The highest BCUT2D eigenvalue weighted by Crippen LogP contribution is 2.27. The van der Waals surface area contributed by atoms with Crippen LogP contribution in [0.5, 0.6) is 0 Å². The molecule has 1 aliphatic heterocycles. The number of hydrogen-bond donors (Lipinski definition) is 3. The first-order valence-corrected chi connectivity index (χ1v) is 8.16. The van der Waals surface area contributed by atoms with Gasteiger partial charge in [0.2, 0.25) is 0 Å². The fourth-order valence-corrected chi connectivity index (χ4v) is 2.54. The van der Waals surface area contributed by atoms with Gasteiger partial charge < -0.3 is 20.9 Å². The number of nitrogens with two attached hydrogens (primary N) is 1. The summed E-state index contributed by atoms with van der Waals surface area (Å²) < 4.78 is 18.2. The number of alkyl halides is 1. The third-order valence-electron chi connectivity index (χ3n) is 3.90. The molecule has 0 amide bonds. The monoisotopic (exact) mass is 324 g/mol. The molecule has 1 heterocycles. The normalized spacial score (nSPS) is 22.9. The van der Waals surface area contributed by atoms with Gasteiger partial charge in [-0.15, -0.1) is 0 Å². The molecule has 1 aliphatic rings. The minimum Gasteiger partial charge on any atom is -0.486 e. The van der Waals surface area contributed by atoms with Gasteiger partial charge in [0.15, 0.2) is 0 Å². The molecule has 0 bridgehead atoms. The van der Waals surface area contributed by atoms with Gasteiger partial charge in [0.25, 0.3) is 0 Å². The van der Waals surface area contributed by atoms with Crippen molar-refractivity contribution in [3.63, 3.8) is 0 Å². The molecule has 2 atom stereocenters. The molecule has 0 saturated carbocycles. The summed E-state index contributed by atoms with van der Waals surface area (Å²) >= 11 is 0. The van der Waals surface area contributed by atoms with Crippen LogP contribution in [0.1, 0.15) is 39.5 Å². The zero-order valence-corrected chi connectivity index (χ0v) is 14.1. The quantitative estimate of drug-likeness (QED) is 0.600. The average Bonchev–Trinajstić information content (AvgIpc) is 2.58. The van der Waals surface area contributed by atoms with Crippen molar-refractivity contribution in [3.8, 4) is 0 Å². The molecule has 5 heteroatoms. The van der Waals surface area contributed by atoms with E-state index >= 15 is 0 Å². The maximum absolute atomic E-state index is 12.7. The lowest BCUT2D eigenvalue weighted by molar-refractivity contribution is 0.0462. The molecule has 1 fully saturated rings. The number of piperidine rings is 1. The molecule has 130 valence electrons. The molecule has 4 nitrogen and oxygen atoms in total. The zero-order valence-electron chi connectivity index (χ0n) is 14.1. The van der Waals surface area contributed by atoms with Crippen molar-refractivity contribution in [2.75, 3.05) is 13.3 Å². The Morgan fingerprint density at radius 2 is 2.35 bits per heavy atom. The van der Waals surface area contributed by atoms with Crippen molar-refractivity contribution in [1.82, 2.24) is 5.32 Å². The number of nitrogens with one attached hydrogen (secondary N) is 1. The Kier molecular flexibility index (Phi) is 8.48. The van der Waals surface area contributed by atoms with Gasteiger partial charge in [-0.3, -0.25) is 0 Å². The first kappa shape index (κ1) is 19.3. The third-order valence-corrected chi connectivity index (χ3v) is 3.90. The molecular weight excluding hydrogens is 295 g/mol. The topological polar surface area (TPSA) is 67.5 Å². The molecule has 4 N–H and O–H groups in total. The van der Waals surface area contributed by atoms with E-state index in [9.17, 15) is 4.39 Å². The summed E-state index contributed by atoms with van der Waals surface area (Å²) in [5, 5.41) is 12.5. The largest absolute Gasteiger partial charge is 0.486 e. The second-order valence-electron chi connectivity index (χ2n) is 5.66. The Morgan fingerprint density at radius 3 is 2.87 bits per heavy atom. The zero-order chi connectivity index (χ0) is 17.2. The second-order valence-corrected chi connectivity index (χ2v) is 5.66. The van der Waals surface area contributed by atoms with Crippen LogP contribution in [0.4, 0.5) is 4.39 Å². The smallest absolute Gasteiger partial charge is 0.150 e. The summed E-state index contributed by atoms with van der Waals surface area (Å²) in [6.07, 6.45) is 8.22. The van der Waals surface area contributed by atoms with Crippen molar-refractivity contribution in [2.45, 2.75) is 51.7 Å². The van der Waals surface area contributed by atoms with Gasteiger partial charge in [-0.2, -0.15) is 0 Å². The second kappa shape index (κ2) is 10.1. The van der Waals surface area contributed by atoms with Crippen molar-refractivity contribution in [2.24, 2.45) is 5.73 Å². The van der Waals surface area contributed by atoms with E-state index in [1.807, 2.05) is 13.0 Å². The van der Waals surface area contributed by atoms with Crippen LogP contribution in [-0.4, -0.2) is 30.5 Å². The average molecular weight is 324 g/mol. The van der Waals surface area contributed by atoms with Crippen LogP contribution in [0.15, 0.2) is 47.5 Å². The predicted molar refractivity (Wildman–Crippen MR) is 92.2 cm³/mol. The summed E-state index contributed by atoms with van der Waals surface area (Å²) in [7, 11) is 0. The van der Waals surface area contributed by atoms with Gasteiger partial charge in [0, 0.05) is 17.8 Å². The molecule has 0 spiro atoms. The van der Waals surface area contributed by atoms with Crippen LogP contribution in [0.25, 0.3) is 0 Å². The maximum atomic E-state index is 12.7. The van der Waals surface area contributed by atoms with E-state index in [0.717, 1.165) is 37.0 Å². The number of aliphatic hydroxyl groups is 1. The fraction of sp³-hybridized carbons (Fsp3) is 0.556. The van der Waals surface area contributed by atoms with E-state index < -0.39 is 12.8 Å². The Labute approximate surface area is 138 Å². The van der Waals surface area contributed by atoms with Gasteiger partial charge in [-0.1, -0.05) is 19.9 Å².